The highest BCUT2D eigenvalue weighted by Gasteiger charge is 2.16. The van der Waals surface area contributed by atoms with Crippen molar-refractivity contribution in [1.29, 1.82) is 0 Å². The number of aromatic amines is 2. The molecule has 6 rings (SSSR count). The van der Waals surface area contributed by atoms with Gasteiger partial charge in [-0.1, -0.05) is 0 Å². The lowest BCUT2D eigenvalue weighted by molar-refractivity contribution is 0.898. The van der Waals surface area contributed by atoms with Gasteiger partial charge in [0.15, 0.2) is 0 Å². The number of rotatable bonds is 5. The van der Waals surface area contributed by atoms with Crippen LogP contribution in [0.15, 0.2) is 73.4 Å². The topological polar surface area (TPSA) is 108 Å². The maximum atomic E-state index is 4.95. The first-order chi connectivity index (χ1) is 16.7. The molecule has 34 heavy (non-hydrogen) atoms. The SMILES string of the molecule is CC(C)Nc1cncc(-c2ccc3[nH]nc(-c4cc5c(-c6cccnc6)nccc5[nH]4)c3n2)c1. The number of nitrogens with zero attached hydrogens (tertiary/aromatic N) is 5. The van der Waals surface area contributed by atoms with Crippen molar-refractivity contribution < 1.29 is 0 Å². The molecule has 0 aromatic carbocycles. The average Bonchev–Trinajstić information content (AvgIpc) is 3.48. The minimum Gasteiger partial charge on any atom is -0.382 e. The van der Waals surface area contributed by atoms with E-state index >= 15 is 0 Å². The highest BCUT2D eigenvalue weighted by Crippen LogP contribution is 2.33. The van der Waals surface area contributed by atoms with Gasteiger partial charge in [0, 0.05) is 59.1 Å². The number of H-pyrrole nitrogens is 2. The summed E-state index contributed by atoms with van der Waals surface area (Å²) in [5, 5.41) is 12.1. The number of nitrogens with one attached hydrogen (secondary N) is 3. The Balaban J connectivity index is 1.45. The summed E-state index contributed by atoms with van der Waals surface area (Å²) in [7, 11) is 0. The van der Waals surface area contributed by atoms with Crippen molar-refractivity contribution in [3.05, 3.63) is 73.4 Å². The fraction of sp³-hybridized carbons (Fsp3) is 0.115. The molecule has 0 amide bonds. The predicted molar refractivity (Wildman–Crippen MR) is 134 cm³/mol. The molecule has 8 heteroatoms. The summed E-state index contributed by atoms with van der Waals surface area (Å²) in [6.45, 7) is 4.20. The highest BCUT2D eigenvalue weighted by atomic mass is 15.1. The smallest absolute Gasteiger partial charge is 0.135 e. The third-order valence-corrected chi connectivity index (χ3v) is 5.64. The van der Waals surface area contributed by atoms with Crippen LogP contribution in [0, 0.1) is 0 Å². The van der Waals surface area contributed by atoms with Gasteiger partial charge in [-0.05, 0) is 56.3 Å². The van der Waals surface area contributed by atoms with E-state index in [2.05, 4.69) is 61.4 Å². The van der Waals surface area contributed by atoms with Gasteiger partial charge in [-0.15, -0.1) is 0 Å². The summed E-state index contributed by atoms with van der Waals surface area (Å²) < 4.78 is 0. The van der Waals surface area contributed by atoms with Crippen LogP contribution in [0.4, 0.5) is 5.69 Å². The molecule has 0 aliphatic heterocycles. The van der Waals surface area contributed by atoms with Crippen LogP contribution in [0.25, 0.3) is 55.8 Å². The van der Waals surface area contributed by atoms with Gasteiger partial charge < -0.3 is 10.3 Å². The molecule has 0 aliphatic rings. The Kier molecular flexibility index (Phi) is 4.76. The van der Waals surface area contributed by atoms with Crippen LogP contribution in [-0.2, 0) is 0 Å². The molecule has 0 saturated heterocycles. The van der Waals surface area contributed by atoms with E-state index in [4.69, 9.17) is 4.98 Å². The molecule has 6 aromatic rings. The lowest BCUT2D eigenvalue weighted by atomic mass is 10.1. The number of hydrogen-bond donors (Lipinski definition) is 3. The Morgan fingerprint density at radius 1 is 0.853 bits per heavy atom. The molecule has 0 unspecified atom stereocenters. The molecule has 0 aliphatic carbocycles. The number of fused-ring (bicyclic) bond motifs is 2. The van der Waals surface area contributed by atoms with Crippen LogP contribution in [-0.4, -0.2) is 41.2 Å². The van der Waals surface area contributed by atoms with Gasteiger partial charge in [-0.3, -0.25) is 20.1 Å². The van der Waals surface area contributed by atoms with Crippen molar-refractivity contribution in [2.75, 3.05) is 5.32 Å². The minimum atomic E-state index is 0.320. The Hall–Kier alpha value is -4.59. The first kappa shape index (κ1) is 20.0. The second-order valence-electron chi connectivity index (χ2n) is 8.47. The van der Waals surface area contributed by atoms with E-state index in [-0.39, 0.29) is 0 Å². The zero-order chi connectivity index (χ0) is 23.1. The molecule has 8 nitrogen and oxygen atoms in total. The third kappa shape index (κ3) is 3.55. The largest absolute Gasteiger partial charge is 0.382 e. The van der Waals surface area contributed by atoms with Gasteiger partial charge in [0.05, 0.1) is 28.3 Å². The van der Waals surface area contributed by atoms with Gasteiger partial charge in [0.25, 0.3) is 0 Å². The van der Waals surface area contributed by atoms with Crippen LogP contribution >= 0.6 is 0 Å². The van der Waals surface area contributed by atoms with Crippen molar-refractivity contribution in [2.24, 2.45) is 0 Å². The Bertz CT molecular complexity index is 1610. The first-order valence-corrected chi connectivity index (χ1v) is 11.1. The molecule has 3 N–H and O–H groups in total. The quantitative estimate of drug-likeness (QED) is 0.325. The van der Waals surface area contributed by atoms with Crippen LogP contribution < -0.4 is 5.32 Å². The summed E-state index contributed by atoms with van der Waals surface area (Å²) in [5.41, 5.74) is 8.86. The van der Waals surface area contributed by atoms with Gasteiger partial charge in [-0.2, -0.15) is 5.10 Å². The van der Waals surface area contributed by atoms with E-state index in [0.717, 1.165) is 61.5 Å². The molecular weight excluding hydrogens is 424 g/mol. The van der Waals surface area contributed by atoms with Crippen LogP contribution in [0.3, 0.4) is 0 Å². The summed E-state index contributed by atoms with van der Waals surface area (Å²) in [5.74, 6) is 0. The Morgan fingerprint density at radius 2 is 1.76 bits per heavy atom. The second kappa shape index (κ2) is 8.08. The molecule has 0 radical (unpaired) electrons. The van der Waals surface area contributed by atoms with Crippen molar-refractivity contribution in [2.45, 2.75) is 19.9 Å². The van der Waals surface area contributed by atoms with Gasteiger partial charge in [-0.25, -0.2) is 4.98 Å². The van der Waals surface area contributed by atoms with Crippen LogP contribution in [0.5, 0.6) is 0 Å². The van der Waals surface area contributed by atoms with Crippen molar-refractivity contribution in [3.63, 3.8) is 0 Å². The van der Waals surface area contributed by atoms with E-state index in [1.54, 1.807) is 12.4 Å². The Morgan fingerprint density at radius 3 is 2.62 bits per heavy atom. The average molecular weight is 447 g/mol. The van der Waals surface area contributed by atoms with Crippen molar-refractivity contribution in [1.82, 2.24) is 35.1 Å². The van der Waals surface area contributed by atoms with E-state index in [0.29, 0.717) is 6.04 Å². The minimum absolute atomic E-state index is 0.320. The molecule has 6 heterocycles. The zero-order valence-electron chi connectivity index (χ0n) is 18.7. The van der Waals surface area contributed by atoms with Crippen molar-refractivity contribution >= 4 is 27.6 Å². The van der Waals surface area contributed by atoms with E-state index in [1.807, 2.05) is 48.9 Å². The van der Waals surface area contributed by atoms with Gasteiger partial charge >= 0.3 is 0 Å². The summed E-state index contributed by atoms with van der Waals surface area (Å²) in [6.07, 6.45) is 9.03. The zero-order valence-corrected chi connectivity index (χ0v) is 18.7. The number of anilines is 1. The fourth-order valence-electron chi connectivity index (χ4n) is 4.15. The van der Waals surface area contributed by atoms with E-state index < -0.39 is 0 Å². The predicted octanol–water partition coefficient (Wildman–Crippen LogP) is 5.45. The lowest BCUT2D eigenvalue weighted by Crippen LogP contribution is -2.09. The Labute approximate surface area is 195 Å². The van der Waals surface area contributed by atoms with Crippen LogP contribution in [0.1, 0.15) is 13.8 Å². The number of aromatic nitrogens is 7. The molecule has 166 valence electrons. The highest BCUT2D eigenvalue weighted by molar-refractivity contribution is 5.99. The molecule has 0 saturated carbocycles. The van der Waals surface area contributed by atoms with Gasteiger partial charge in [0.1, 0.15) is 11.2 Å². The number of pyridine rings is 4. The van der Waals surface area contributed by atoms with E-state index in [9.17, 15) is 0 Å². The third-order valence-electron chi connectivity index (χ3n) is 5.64. The molecular formula is C26H22N8. The van der Waals surface area contributed by atoms with Crippen molar-refractivity contribution in [3.8, 4) is 33.9 Å². The molecule has 0 fully saturated rings. The maximum Gasteiger partial charge on any atom is 0.135 e. The fourth-order valence-corrected chi connectivity index (χ4v) is 4.15. The summed E-state index contributed by atoms with van der Waals surface area (Å²) in [6, 6.07) is 14.3. The molecule has 0 spiro atoms. The number of hydrogen-bond acceptors (Lipinski definition) is 6. The second-order valence-corrected chi connectivity index (χ2v) is 8.47. The molecule has 0 bridgehead atoms. The van der Waals surface area contributed by atoms with Gasteiger partial charge in [0.2, 0.25) is 0 Å². The molecule has 0 atom stereocenters. The monoisotopic (exact) mass is 446 g/mol. The first-order valence-electron chi connectivity index (χ1n) is 11.1. The van der Waals surface area contributed by atoms with E-state index in [1.165, 1.54) is 0 Å². The lowest BCUT2D eigenvalue weighted by Gasteiger charge is -2.10. The standard InChI is InChI=1S/C26H22N8/c1-15(2)30-18-10-17(13-28-14-18)20-5-6-22-25(32-20)26(34-33-22)23-11-19-21(31-23)7-9-29-24(19)16-4-3-8-27-12-16/h3-15,30-31H,1-2H3,(H,33,34). The maximum absolute atomic E-state index is 4.95. The summed E-state index contributed by atoms with van der Waals surface area (Å²) in [4.78, 5) is 21.7. The summed E-state index contributed by atoms with van der Waals surface area (Å²) >= 11 is 0. The molecule has 6 aromatic heterocycles. The normalized spacial score (nSPS) is 11.5. The van der Waals surface area contributed by atoms with Crippen LogP contribution in [0.2, 0.25) is 0 Å².